The maximum atomic E-state index is 12.2. The summed E-state index contributed by atoms with van der Waals surface area (Å²) in [6.07, 6.45) is 1.60. The normalized spacial score (nSPS) is 10.6. The molecule has 0 bridgehead atoms. The fourth-order valence-corrected chi connectivity index (χ4v) is 2.70. The molecule has 4 aromatic rings. The van der Waals surface area contributed by atoms with E-state index in [1.807, 2.05) is 6.07 Å². The van der Waals surface area contributed by atoms with Crippen LogP contribution in [0.15, 0.2) is 77.7 Å². The molecule has 2 heterocycles. The van der Waals surface area contributed by atoms with Crippen LogP contribution in [0.1, 0.15) is 0 Å². The second-order valence-electron chi connectivity index (χ2n) is 6.01. The van der Waals surface area contributed by atoms with Crippen molar-refractivity contribution in [3.63, 3.8) is 0 Å². The number of H-pyrrole nitrogens is 1. The van der Waals surface area contributed by atoms with Crippen molar-refractivity contribution in [2.24, 2.45) is 0 Å². The summed E-state index contributed by atoms with van der Waals surface area (Å²) >= 11 is 0. The number of fused-ring (bicyclic) bond motifs is 1. The van der Waals surface area contributed by atoms with Gasteiger partial charge in [0.2, 0.25) is 0 Å². The number of para-hydroxylation sites is 1. The molecule has 2 N–H and O–H groups in total. The number of rotatable bonds is 5. The lowest BCUT2D eigenvalue weighted by molar-refractivity contribution is -0.118. The molecule has 0 saturated heterocycles. The van der Waals surface area contributed by atoms with E-state index in [9.17, 15) is 9.59 Å². The number of benzene rings is 2. The van der Waals surface area contributed by atoms with E-state index in [0.717, 1.165) is 5.56 Å². The first kappa shape index (κ1) is 17.4. The predicted octanol–water partition coefficient (Wildman–Crippen LogP) is 3.00. The van der Waals surface area contributed by atoms with Gasteiger partial charge in [-0.1, -0.05) is 18.2 Å². The number of aromatic nitrogens is 3. The standard InChI is InChI=1S/C21H16N4O3/c26-19(24-18-7-3-4-12-22-18)13-28-15-10-8-14(9-11-15)20-23-17-6-2-1-5-16(17)21(27)25-20/h1-12H,13H2,(H,22,24,26)(H,23,25,27). The number of carbonyl (C=O) groups is 1. The van der Waals surface area contributed by atoms with Crippen LogP contribution >= 0.6 is 0 Å². The van der Waals surface area contributed by atoms with Gasteiger partial charge in [0.1, 0.15) is 17.4 Å². The first-order chi connectivity index (χ1) is 13.7. The topological polar surface area (TPSA) is 97.0 Å². The summed E-state index contributed by atoms with van der Waals surface area (Å²) in [5, 5.41) is 3.19. The zero-order valence-electron chi connectivity index (χ0n) is 14.8. The largest absolute Gasteiger partial charge is 0.484 e. The maximum Gasteiger partial charge on any atom is 0.263 e. The number of nitrogens with one attached hydrogen (secondary N) is 2. The predicted molar refractivity (Wildman–Crippen MR) is 106 cm³/mol. The quantitative estimate of drug-likeness (QED) is 0.561. The summed E-state index contributed by atoms with van der Waals surface area (Å²) < 4.78 is 5.49. The van der Waals surface area contributed by atoms with Crippen molar-refractivity contribution in [3.8, 4) is 17.1 Å². The SMILES string of the molecule is O=C(COc1ccc(-c2nc3ccccc3c(=O)[nH]2)cc1)Nc1ccccn1. The van der Waals surface area contributed by atoms with E-state index >= 15 is 0 Å². The van der Waals surface area contributed by atoms with Crippen LogP contribution in [-0.4, -0.2) is 27.5 Å². The van der Waals surface area contributed by atoms with E-state index in [-0.39, 0.29) is 18.1 Å². The van der Waals surface area contributed by atoms with E-state index in [1.54, 1.807) is 66.9 Å². The van der Waals surface area contributed by atoms with Crippen LogP contribution in [0.3, 0.4) is 0 Å². The molecule has 2 aromatic carbocycles. The zero-order valence-corrected chi connectivity index (χ0v) is 14.8. The third-order valence-corrected chi connectivity index (χ3v) is 4.04. The summed E-state index contributed by atoms with van der Waals surface area (Å²) in [6.45, 7) is -0.138. The van der Waals surface area contributed by atoms with Crippen LogP contribution in [0.5, 0.6) is 5.75 Å². The summed E-state index contributed by atoms with van der Waals surface area (Å²) in [5.74, 6) is 1.17. The van der Waals surface area contributed by atoms with Gasteiger partial charge in [-0.15, -0.1) is 0 Å². The lowest BCUT2D eigenvalue weighted by Gasteiger charge is -2.08. The van der Waals surface area contributed by atoms with E-state index in [4.69, 9.17) is 4.74 Å². The molecule has 0 aliphatic heterocycles. The average Bonchev–Trinajstić information content (AvgIpc) is 2.73. The molecule has 0 unspecified atom stereocenters. The average molecular weight is 372 g/mol. The van der Waals surface area contributed by atoms with Crippen molar-refractivity contribution < 1.29 is 9.53 Å². The second kappa shape index (κ2) is 7.71. The molecule has 28 heavy (non-hydrogen) atoms. The van der Waals surface area contributed by atoms with Gasteiger partial charge in [0.05, 0.1) is 10.9 Å². The molecule has 7 nitrogen and oxygen atoms in total. The van der Waals surface area contributed by atoms with Crippen molar-refractivity contribution in [2.75, 3.05) is 11.9 Å². The van der Waals surface area contributed by atoms with Crippen LogP contribution in [0.4, 0.5) is 5.82 Å². The highest BCUT2D eigenvalue weighted by Gasteiger charge is 2.07. The Kier molecular flexibility index (Phi) is 4.79. The molecular formula is C21H16N4O3. The van der Waals surface area contributed by atoms with Crippen LogP contribution in [0.25, 0.3) is 22.3 Å². The van der Waals surface area contributed by atoms with Gasteiger partial charge in [-0.05, 0) is 48.5 Å². The lowest BCUT2D eigenvalue weighted by atomic mass is 10.2. The van der Waals surface area contributed by atoms with Gasteiger partial charge in [0, 0.05) is 11.8 Å². The highest BCUT2D eigenvalue weighted by Crippen LogP contribution is 2.20. The van der Waals surface area contributed by atoms with E-state index in [1.165, 1.54) is 0 Å². The van der Waals surface area contributed by atoms with E-state index in [0.29, 0.717) is 28.3 Å². The fourth-order valence-electron chi connectivity index (χ4n) is 2.70. The van der Waals surface area contributed by atoms with Gasteiger partial charge >= 0.3 is 0 Å². The number of amides is 1. The molecule has 7 heteroatoms. The summed E-state index contributed by atoms with van der Waals surface area (Å²) in [5.41, 5.74) is 1.19. The first-order valence-electron chi connectivity index (χ1n) is 8.62. The Balaban J connectivity index is 1.44. The molecule has 0 fully saturated rings. The Morgan fingerprint density at radius 2 is 1.79 bits per heavy atom. The monoisotopic (exact) mass is 372 g/mol. The van der Waals surface area contributed by atoms with Crippen molar-refractivity contribution in [2.45, 2.75) is 0 Å². The fraction of sp³-hybridized carbons (Fsp3) is 0.0476. The molecular weight excluding hydrogens is 356 g/mol. The van der Waals surface area contributed by atoms with Crippen LogP contribution in [-0.2, 0) is 4.79 Å². The molecule has 4 rings (SSSR count). The number of hydrogen-bond donors (Lipinski definition) is 2. The highest BCUT2D eigenvalue weighted by atomic mass is 16.5. The number of ether oxygens (including phenoxy) is 1. The minimum Gasteiger partial charge on any atom is -0.484 e. The molecule has 2 aromatic heterocycles. The van der Waals surface area contributed by atoms with E-state index in [2.05, 4.69) is 20.3 Å². The van der Waals surface area contributed by atoms with Gasteiger partial charge in [-0.3, -0.25) is 9.59 Å². The molecule has 0 spiro atoms. The lowest BCUT2D eigenvalue weighted by Crippen LogP contribution is -2.20. The van der Waals surface area contributed by atoms with Crippen LogP contribution < -0.4 is 15.6 Å². The minimum absolute atomic E-state index is 0.138. The third kappa shape index (κ3) is 3.88. The van der Waals surface area contributed by atoms with Gasteiger partial charge in [0.25, 0.3) is 11.5 Å². The number of carbonyl (C=O) groups excluding carboxylic acids is 1. The number of nitrogens with zero attached hydrogens (tertiary/aromatic N) is 2. The molecule has 0 radical (unpaired) electrons. The number of anilines is 1. The van der Waals surface area contributed by atoms with Gasteiger partial charge in [-0.25, -0.2) is 9.97 Å². The Labute approximate surface area is 160 Å². The van der Waals surface area contributed by atoms with Gasteiger partial charge < -0.3 is 15.0 Å². The third-order valence-electron chi connectivity index (χ3n) is 4.04. The summed E-state index contributed by atoms with van der Waals surface area (Å²) in [4.78, 5) is 35.4. The molecule has 0 saturated carbocycles. The smallest absolute Gasteiger partial charge is 0.263 e. The molecule has 1 amide bonds. The molecule has 0 atom stereocenters. The second-order valence-corrected chi connectivity index (χ2v) is 6.01. The zero-order chi connectivity index (χ0) is 19.3. The Bertz CT molecular complexity index is 1170. The Morgan fingerprint density at radius 1 is 1.00 bits per heavy atom. The molecule has 138 valence electrons. The maximum absolute atomic E-state index is 12.2. The molecule has 0 aliphatic carbocycles. The van der Waals surface area contributed by atoms with Crippen LogP contribution in [0, 0.1) is 0 Å². The minimum atomic E-state index is -0.302. The van der Waals surface area contributed by atoms with Crippen molar-refractivity contribution in [1.82, 2.24) is 15.0 Å². The van der Waals surface area contributed by atoms with Crippen molar-refractivity contribution in [3.05, 3.63) is 83.3 Å². The van der Waals surface area contributed by atoms with Gasteiger partial charge in [0.15, 0.2) is 6.61 Å². The highest BCUT2D eigenvalue weighted by molar-refractivity contribution is 5.90. The number of aromatic amines is 1. The summed E-state index contributed by atoms with van der Waals surface area (Å²) in [7, 11) is 0. The Morgan fingerprint density at radius 3 is 2.57 bits per heavy atom. The Hall–Kier alpha value is -4.00. The van der Waals surface area contributed by atoms with Crippen molar-refractivity contribution >= 4 is 22.6 Å². The van der Waals surface area contributed by atoms with Crippen LogP contribution in [0.2, 0.25) is 0 Å². The first-order valence-corrected chi connectivity index (χ1v) is 8.62. The summed E-state index contributed by atoms with van der Waals surface area (Å²) in [6, 6.07) is 19.4. The van der Waals surface area contributed by atoms with Gasteiger partial charge in [-0.2, -0.15) is 0 Å². The molecule has 0 aliphatic rings. The van der Waals surface area contributed by atoms with Crippen molar-refractivity contribution in [1.29, 1.82) is 0 Å². The van der Waals surface area contributed by atoms with E-state index < -0.39 is 0 Å². The number of pyridine rings is 1. The number of hydrogen-bond acceptors (Lipinski definition) is 5.